The molecule has 112 valence electrons. The molecule has 1 aromatic carbocycles. The summed E-state index contributed by atoms with van der Waals surface area (Å²) in [4.78, 5) is 0. The Morgan fingerprint density at radius 2 is 1.95 bits per heavy atom. The Balaban J connectivity index is 2.44. The lowest BCUT2D eigenvalue weighted by Gasteiger charge is -2.35. The molecule has 1 N–H and O–H groups in total. The number of phenolic OH excluding ortho intramolecular Hbond substituents is 1. The molecule has 0 spiro atoms. The molecule has 20 heavy (non-hydrogen) atoms. The summed E-state index contributed by atoms with van der Waals surface area (Å²) in [6.07, 6.45) is 2.88. The third kappa shape index (κ3) is 2.78. The van der Waals surface area contributed by atoms with E-state index < -0.39 is 0 Å². The molecule has 0 bridgehead atoms. The molecule has 0 radical (unpaired) electrons. The summed E-state index contributed by atoms with van der Waals surface area (Å²) in [7, 11) is 0. The molecule has 0 aliphatic carbocycles. The largest absolute Gasteiger partial charge is 0.507 e. The third-order valence-electron chi connectivity index (χ3n) is 4.13. The monoisotopic (exact) mass is 278 g/mol. The van der Waals surface area contributed by atoms with E-state index in [-0.39, 0.29) is 5.60 Å². The summed E-state index contributed by atoms with van der Waals surface area (Å²) in [5.41, 5.74) is 3.84. The van der Waals surface area contributed by atoms with Crippen molar-refractivity contribution in [3.8, 4) is 11.5 Å². The molecule has 3 heteroatoms. The zero-order chi connectivity index (χ0) is 14.9. The fourth-order valence-corrected chi connectivity index (χ4v) is 2.71. The summed E-state index contributed by atoms with van der Waals surface area (Å²) in [6.45, 7) is 11.5. The van der Waals surface area contributed by atoms with Crippen LogP contribution in [0.4, 0.5) is 0 Å². The van der Waals surface area contributed by atoms with Gasteiger partial charge >= 0.3 is 0 Å². The van der Waals surface area contributed by atoms with Gasteiger partial charge in [0.1, 0.15) is 17.1 Å². The first kappa shape index (κ1) is 15.2. The smallest absolute Gasteiger partial charge is 0.127 e. The Bertz CT molecular complexity index is 504. The molecule has 1 aromatic rings. The van der Waals surface area contributed by atoms with Crippen LogP contribution >= 0.6 is 0 Å². The first-order valence-corrected chi connectivity index (χ1v) is 7.48. The van der Waals surface area contributed by atoms with E-state index in [0.29, 0.717) is 19.0 Å². The van der Waals surface area contributed by atoms with Crippen LogP contribution in [0.25, 0.3) is 0 Å². The van der Waals surface area contributed by atoms with Crippen molar-refractivity contribution in [2.24, 2.45) is 0 Å². The molecular weight excluding hydrogens is 252 g/mol. The van der Waals surface area contributed by atoms with Crippen molar-refractivity contribution in [2.45, 2.75) is 66.1 Å². The van der Waals surface area contributed by atoms with Crippen molar-refractivity contribution >= 4 is 0 Å². The molecule has 0 saturated heterocycles. The fraction of sp³-hybridized carbons (Fsp3) is 0.647. The molecular formula is C17H26O3. The average Bonchev–Trinajstić information content (AvgIpc) is 2.40. The van der Waals surface area contributed by atoms with Gasteiger partial charge < -0.3 is 14.6 Å². The lowest BCUT2D eigenvalue weighted by molar-refractivity contribution is 0.0798. The Morgan fingerprint density at radius 1 is 1.25 bits per heavy atom. The van der Waals surface area contributed by atoms with Crippen molar-refractivity contribution < 1.29 is 14.6 Å². The average molecular weight is 278 g/mol. The van der Waals surface area contributed by atoms with E-state index in [1.807, 2.05) is 13.8 Å². The molecule has 0 amide bonds. The second kappa shape index (κ2) is 5.65. The summed E-state index contributed by atoms with van der Waals surface area (Å²) in [5, 5.41) is 10.4. The Kier molecular flexibility index (Phi) is 4.28. The van der Waals surface area contributed by atoms with Gasteiger partial charge in [-0.25, -0.2) is 0 Å². The summed E-state index contributed by atoms with van der Waals surface area (Å²) in [6, 6.07) is 0. The van der Waals surface area contributed by atoms with Crippen LogP contribution in [0.5, 0.6) is 11.5 Å². The molecule has 1 heterocycles. The van der Waals surface area contributed by atoms with Gasteiger partial charge in [-0.05, 0) is 58.1 Å². The number of hydrogen-bond donors (Lipinski definition) is 1. The highest BCUT2D eigenvalue weighted by Crippen LogP contribution is 2.43. The van der Waals surface area contributed by atoms with Gasteiger partial charge in [-0.1, -0.05) is 6.92 Å². The maximum absolute atomic E-state index is 10.4. The van der Waals surface area contributed by atoms with E-state index >= 15 is 0 Å². The summed E-state index contributed by atoms with van der Waals surface area (Å²) in [5.74, 6) is 1.33. The van der Waals surface area contributed by atoms with Gasteiger partial charge in [-0.15, -0.1) is 0 Å². The maximum atomic E-state index is 10.4. The number of aromatic hydroxyl groups is 1. The van der Waals surface area contributed by atoms with Crippen molar-refractivity contribution in [2.75, 3.05) is 6.61 Å². The molecule has 3 nitrogen and oxygen atoms in total. The Labute approximate surface area is 121 Å². The number of phenols is 1. The fourth-order valence-electron chi connectivity index (χ4n) is 2.71. The summed E-state index contributed by atoms with van der Waals surface area (Å²) < 4.78 is 11.8. The van der Waals surface area contributed by atoms with Crippen molar-refractivity contribution in [3.05, 3.63) is 22.3 Å². The number of hydrogen-bond acceptors (Lipinski definition) is 3. The van der Waals surface area contributed by atoms with Gasteiger partial charge in [0.25, 0.3) is 0 Å². The Hall–Kier alpha value is -1.22. The van der Waals surface area contributed by atoms with Crippen LogP contribution in [0.2, 0.25) is 0 Å². The zero-order valence-electron chi connectivity index (χ0n) is 13.3. The van der Waals surface area contributed by atoms with E-state index in [0.717, 1.165) is 47.3 Å². The topological polar surface area (TPSA) is 38.7 Å². The van der Waals surface area contributed by atoms with Crippen LogP contribution in [0, 0.1) is 13.8 Å². The number of benzene rings is 1. The molecule has 2 rings (SSSR count). The minimum atomic E-state index is -0.136. The van der Waals surface area contributed by atoms with Crippen LogP contribution in [-0.2, 0) is 17.8 Å². The van der Waals surface area contributed by atoms with E-state index in [9.17, 15) is 5.11 Å². The minimum Gasteiger partial charge on any atom is -0.507 e. The van der Waals surface area contributed by atoms with Crippen LogP contribution in [-0.4, -0.2) is 17.3 Å². The van der Waals surface area contributed by atoms with Crippen LogP contribution in [0.1, 0.15) is 55.9 Å². The van der Waals surface area contributed by atoms with E-state index in [1.54, 1.807) is 0 Å². The van der Waals surface area contributed by atoms with Crippen molar-refractivity contribution in [1.29, 1.82) is 0 Å². The van der Waals surface area contributed by atoms with E-state index in [1.165, 1.54) is 0 Å². The molecule has 0 saturated carbocycles. The van der Waals surface area contributed by atoms with Crippen molar-refractivity contribution in [3.63, 3.8) is 0 Å². The predicted octanol–water partition coefficient (Wildman–Crippen LogP) is 4.04. The minimum absolute atomic E-state index is 0.136. The first-order valence-electron chi connectivity index (χ1n) is 7.48. The van der Waals surface area contributed by atoms with Gasteiger partial charge in [0, 0.05) is 17.7 Å². The normalized spacial score (nSPS) is 16.6. The molecule has 0 atom stereocenters. The van der Waals surface area contributed by atoms with Crippen LogP contribution in [0.15, 0.2) is 0 Å². The zero-order valence-corrected chi connectivity index (χ0v) is 13.3. The lowest BCUT2D eigenvalue weighted by Crippen LogP contribution is -2.33. The van der Waals surface area contributed by atoms with Gasteiger partial charge in [0.05, 0.1) is 6.61 Å². The summed E-state index contributed by atoms with van der Waals surface area (Å²) >= 11 is 0. The molecule has 1 aliphatic heterocycles. The van der Waals surface area contributed by atoms with E-state index in [2.05, 4.69) is 20.8 Å². The standard InChI is InChI=1S/C17H26O3/c1-6-9-19-10-14-13-7-8-17(4,5)20-16(13)12(3)11(2)15(14)18/h18H,6-10H2,1-5H3. The third-order valence-corrected chi connectivity index (χ3v) is 4.13. The highest BCUT2D eigenvalue weighted by Gasteiger charge is 2.31. The van der Waals surface area contributed by atoms with Crippen LogP contribution < -0.4 is 4.74 Å². The SMILES string of the molecule is CCCOCc1c(O)c(C)c(C)c2c1CCC(C)(C)O2. The molecule has 0 unspecified atom stereocenters. The van der Waals surface area contributed by atoms with E-state index in [4.69, 9.17) is 9.47 Å². The maximum Gasteiger partial charge on any atom is 0.127 e. The highest BCUT2D eigenvalue weighted by molar-refractivity contribution is 5.58. The number of ether oxygens (including phenoxy) is 2. The predicted molar refractivity (Wildman–Crippen MR) is 80.6 cm³/mol. The number of fused-ring (bicyclic) bond motifs is 1. The molecule has 1 aliphatic rings. The van der Waals surface area contributed by atoms with Crippen LogP contribution in [0.3, 0.4) is 0 Å². The Morgan fingerprint density at radius 3 is 2.60 bits per heavy atom. The van der Waals surface area contributed by atoms with Gasteiger partial charge in [0.15, 0.2) is 0 Å². The quantitative estimate of drug-likeness (QED) is 0.845. The lowest BCUT2D eigenvalue weighted by atomic mass is 9.88. The van der Waals surface area contributed by atoms with Gasteiger partial charge in [-0.2, -0.15) is 0 Å². The highest BCUT2D eigenvalue weighted by atomic mass is 16.5. The van der Waals surface area contributed by atoms with Gasteiger partial charge in [0.2, 0.25) is 0 Å². The number of rotatable bonds is 4. The molecule has 0 fully saturated rings. The second-order valence-corrected chi connectivity index (χ2v) is 6.30. The second-order valence-electron chi connectivity index (χ2n) is 6.30. The first-order chi connectivity index (χ1) is 9.37. The molecule has 0 aromatic heterocycles. The van der Waals surface area contributed by atoms with Crippen molar-refractivity contribution in [1.82, 2.24) is 0 Å². The van der Waals surface area contributed by atoms with Gasteiger partial charge in [-0.3, -0.25) is 0 Å².